The molecular formula is C17H13NO12S3. The molecule has 3 aromatic rings. The van der Waals surface area contributed by atoms with Gasteiger partial charge in [0.15, 0.2) is 0 Å². The zero-order valence-corrected chi connectivity index (χ0v) is 18.3. The summed E-state index contributed by atoms with van der Waals surface area (Å²) in [6, 6.07) is 4.90. The number of aromatic carboxylic acids is 1. The van der Waals surface area contributed by atoms with Gasteiger partial charge in [-0.25, -0.2) is 13.2 Å². The molecular weight excluding hydrogens is 506 g/mol. The number of carbonyl (C=O) groups is 1. The lowest BCUT2D eigenvalue weighted by Gasteiger charge is -2.14. The van der Waals surface area contributed by atoms with Crippen molar-refractivity contribution in [1.82, 2.24) is 0 Å². The average molecular weight is 519 g/mol. The van der Waals surface area contributed by atoms with Crippen molar-refractivity contribution >= 4 is 52.7 Å². The van der Waals surface area contributed by atoms with Gasteiger partial charge in [-0.1, -0.05) is 0 Å². The van der Waals surface area contributed by atoms with E-state index in [1.165, 1.54) is 0 Å². The van der Waals surface area contributed by atoms with Crippen molar-refractivity contribution in [2.24, 2.45) is 0 Å². The van der Waals surface area contributed by atoms with Crippen molar-refractivity contribution in [1.29, 1.82) is 0 Å². The van der Waals surface area contributed by atoms with Gasteiger partial charge in [-0.3, -0.25) is 13.8 Å². The largest absolute Gasteiger partial charge is 0.507 e. The van der Waals surface area contributed by atoms with Gasteiger partial charge in [-0.05, 0) is 41.8 Å². The van der Waals surface area contributed by atoms with Crippen molar-refractivity contribution in [3.63, 3.8) is 0 Å². The summed E-state index contributed by atoms with van der Waals surface area (Å²) >= 11 is 0. The molecule has 3 aromatic carbocycles. The first kappa shape index (κ1) is 24.2. The van der Waals surface area contributed by atoms with Crippen molar-refractivity contribution < 1.29 is 54.5 Å². The first-order valence-electron chi connectivity index (χ1n) is 8.35. The maximum atomic E-state index is 12.8. The predicted molar refractivity (Wildman–Crippen MR) is 111 cm³/mol. The third kappa shape index (κ3) is 4.83. The van der Waals surface area contributed by atoms with E-state index in [1.807, 2.05) is 4.72 Å². The molecule has 0 aliphatic carbocycles. The van der Waals surface area contributed by atoms with Gasteiger partial charge >= 0.3 is 5.97 Å². The number of anilines is 1. The van der Waals surface area contributed by atoms with E-state index in [-0.39, 0.29) is 0 Å². The summed E-state index contributed by atoms with van der Waals surface area (Å²) in [6.07, 6.45) is 0. The molecule has 16 heteroatoms. The van der Waals surface area contributed by atoms with Gasteiger partial charge in [0.1, 0.15) is 17.1 Å². The fourth-order valence-corrected chi connectivity index (χ4v) is 5.04. The summed E-state index contributed by atoms with van der Waals surface area (Å²) < 4.78 is 92.3. The second kappa shape index (κ2) is 7.85. The standard InChI is InChI=1S/C17H13NO12S3/c19-14-2-1-9(5-12(14)17(21)22)31(23,24)18-13-6-10(32(25,26)27)3-8-4-11(33(28,29)30)7-15(20)16(8)13/h1-7,18-20H,(H,21,22)(H,25,26,27)(H,28,29,30). The molecule has 0 saturated heterocycles. The highest BCUT2D eigenvalue weighted by atomic mass is 32.2. The number of aromatic hydroxyl groups is 2. The fourth-order valence-electron chi connectivity index (χ4n) is 2.87. The van der Waals surface area contributed by atoms with Crippen molar-refractivity contribution in [2.45, 2.75) is 14.7 Å². The van der Waals surface area contributed by atoms with Gasteiger partial charge in [0, 0.05) is 11.5 Å². The first-order chi connectivity index (χ1) is 15.0. The molecule has 0 saturated carbocycles. The quantitative estimate of drug-likeness (QED) is 0.252. The molecule has 0 bridgehead atoms. The SMILES string of the molecule is O=C(O)c1cc(S(=O)(=O)Nc2cc(S(=O)(=O)O)cc3cc(S(=O)(=O)O)cc(O)c23)ccc1O. The summed E-state index contributed by atoms with van der Waals surface area (Å²) in [5.74, 6) is -3.24. The molecule has 3 rings (SSSR count). The summed E-state index contributed by atoms with van der Waals surface area (Å²) in [4.78, 5) is 8.76. The van der Waals surface area contributed by atoms with Crippen LogP contribution in [0.4, 0.5) is 5.69 Å². The maximum absolute atomic E-state index is 12.8. The lowest BCUT2D eigenvalue weighted by atomic mass is 10.1. The second-order valence-corrected chi connectivity index (χ2v) is 11.1. The van der Waals surface area contributed by atoms with E-state index in [9.17, 15) is 49.4 Å². The van der Waals surface area contributed by atoms with Crippen LogP contribution in [-0.4, -0.2) is 55.6 Å². The van der Waals surface area contributed by atoms with Gasteiger partial charge in [0.2, 0.25) is 0 Å². The van der Waals surface area contributed by atoms with E-state index in [0.717, 1.165) is 24.3 Å². The molecule has 176 valence electrons. The molecule has 0 atom stereocenters. The highest BCUT2D eigenvalue weighted by Crippen LogP contribution is 2.37. The molecule has 0 unspecified atom stereocenters. The minimum absolute atomic E-state index is 0.396. The highest BCUT2D eigenvalue weighted by molar-refractivity contribution is 7.92. The number of benzene rings is 3. The molecule has 0 radical (unpaired) electrons. The second-order valence-electron chi connectivity index (χ2n) is 6.55. The number of hydrogen-bond acceptors (Lipinski definition) is 9. The Labute approximate surface area is 186 Å². The Morgan fingerprint density at radius 1 is 0.727 bits per heavy atom. The van der Waals surface area contributed by atoms with Crippen LogP contribution in [0.5, 0.6) is 11.5 Å². The minimum Gasteiger partial charge on any atom is -0.507 e. The molecule has 0 amide bonds. The number of carboxylic acids is 1. The number of sulfonamides is 1. The number of hydrogen-bond donors (Lipinski definition) is 6. The fraction of sp³-hybridized carbons (Fsp3) is 0. The molecule has 0 aromatic heterocycles. The third-order valence-electron chi connectivity index (χ3n) is 4.32. The number of phenols is 2. The molecule has 0 aliphatic heterocycles. The molecule has 0 fully saturated rings. The predicted octanol–water partition coefficient (Wildman–Crippen LogP) is 1.24. The Balaban J connectivity index is 2.30. The summed E-state index contributed by atoms with van der Waals surface area (Å²) in [7, 11) is -14.5. The van der Waals surface area contributed by atoms with Crippen LogP contribution in [0, 0.1) is 0 Å². The molecule has 6 N–H and O–H groups in total. The minimum atomic E-state index is -4.96. The Bertz CT molecular complexity index is 1640. The van der Waals surface area contributed by atoms with Crippen molar-refractivity contribution in [3.8, 4) is 11.5 Å². The summed E-state index contributed by atoms with van der Waals surface area (Å²) in [5.41, 5.74) is -1.39. The normalized spacial score (nSPS) is 12.5. The Morgan fingerprint density at radius 2 is 1.27 bits per heavy atom. The number of rotatable bonds is 6. The molecule has 0 aliphatic rings. The van der Waals surface area contributed by atoms with E-state index in [4.69, 9.17) is 5.11 Å². The Hall–Kier alpha value is -3.44. The van der Waals surface area contributed by atoms with Gasteiger partial charge < -0.3 is 15.3 Å². The van der Waals surface area contributed by atoms with Crippen LogP contribution < -0.4 is 4.72 Å². The van der Waals surface area contributed by atoms with Crippen molar-refractivity contribution in [3.05, 3.63) is 48.0 Å². The highest BCUT2D eigenvalue weighted by Gasteiger charge is 2.24. The Kier molecular flexibility index (Phi) is 5.76. The van der Waals surface area contributed by atoms with Gasteiger partial charge in [0.25, 0.3) is 30.3 Å². The smallest absolute Gasteiger partial charge is 0.339 e. The van der Waals surface area contributed by atoms with E-state index in [0.29, 0.717) is 18.2 Å². The first-order valence-corrected chi connectivity index (χ1v) is 12.7. The van der Waals surface area contributed by atoms with Crippen LogP contribution in [0.25, 0.3) is 10.8 Å². The van der Waals surface area contributed by atoms with E-state index < -0.39 is 84.4 Å². The zero-order chi connectivity index (χ0) is 24.9. The molecule has 0 spiro atoms. The lowest BCUT2D eigenvalue weighted by Crippen LogP contribution is -2.15. The zero-order valence-electron chi connectivity index (χ0n) is 15.9. The van der Waals surface area contributed by atoms with E-state index in [1.54, 1.807) is 0 Å². The van der Waals surface area contributed by atoms with E-state index >= 15 is 0 Å². The van der Waals surface area contributed by atoms with Crippen LogP contribution in [0.3, 0.4) is 0 Å². The van der Waals surface area contributed by atoms with Crippen LogP contribution in [-0.2, 0) is 30.3 Å². The van der Waals surface area contributed by atoms with Gasteiger partial charge in [-0.2, -0.15) is 16.8 Å². The number of phenolic OH excluding ortho intramolecular Hbond substituents is 1. The average Bonchev–Trinajstić information content (AvgIpc) is 2.65. The topological polar surface area (TPSA) is 233 Å². The maximum Gasteiger partial charge on any atom is 0.339 e. The molecule has 0 heterocycles. The van der Waals surface area contributed by atoms with Crippen LogP contribution in [0.15, 0.2) is 57.2 Å². The van der Waals surface area contributed by atoms with E-state index in [2.05, 4.69) is 0 Å². The van der Waals surface area contributed by atoms with Crippen LogP contribution in [0.2, 0.25) is 0 Å². The monoisotopic (exact) mass is 519 g/mol. The molecule has 13 nitrogen and oxygen atoms in total. The summed E-state index contributed by atoms with van der Waals surface area (Å²) in [6.45, 7) is 0. The number of fused-ring (bicyclic) bond motifs is 1. The molecule has 33 heavy (non-hydrogen) atoms. The van der Waals surface area contributed by atoms with Crippen LogP contribution >= 0.6 is 0 Å². The van der Waals surface area contributed by atoms with Crippen molar-refractivity contribution in [2.75, 3.05) is 4.72 Å². The third-order valence-corrected chi connectivity index (χ3v) is 7.35. The van der Waals surface area contributed by atoms with Crippen LogP contribution in [0.1, 0.15) is 10.4 Å². The van der Waals surface area contributed by atoms with Gasteiger partial charge in [-0.15, -0.1) is 0 Å². The summed E-state index contributed by atoms with van der Waals surface area (Å²) in [5, 5.41) is 28.1. The Morgan fingerprint density at radius 3 is 1.79 bits per heavy atom. The number of nitrogens with one attached hydrogen (secondary N) is 1. The lowest BCUT2D eigenvalue weighted by molar-refractivity contribution is 0.0693. The van der Waals surface area contributed by atoms with Gasteiger partial charge in [0.05, 0.1) is 20.4 Å². The number of carboxylic acid groups (broad SMARTS) is 1.